The summed E-state index contributed by atoms with van der Waals surface area (Å²) in [6, 6.07) is 13.3. The first-order chi connectivity index (χ1) is 17.1. The Morgan fingerprint density at radius 1 is 1.06 bits per heavy atom. The predicted octanol–water partition coefficient (Wildman–Crippen LogP) is 2.95. The van der Waals surface area contributed by atoms with Gasteiger partial charge in [-0.1, -0.05) is 43.2 Å². The van der Waals surface area contributed by atoms with E-state index in [-0.39, 0.29) is 29.9 Å². The number of amides is 2. The topological polar surface area (TPSA) is 105 Å². The highest BCUT2D eigenvalue weighted by molar-refractivity contribution is 7.92. The summed E-state index contributed by atoms with van der Waals surface area (Å²) in [6.45, 7) is 1.34. The number of nitrogens with zero attached hydrogens (tertiary/aromatic N) is 2. The van der Waals surface area contributed by atoms with Crippen LogP contribution in [0, 0.1) is 0 Å². The van der Waals surface area contributed by atoms with Crippen LogP contribution in [0.5, 0.6) is 11.5 Å². The molecule has 0 bridgehead atoms. The lowest BCUT2D eigenvalue weighted by molar-refractivity contribution is -0.139. The normalized spacial score (nSPS) is 14.7. The maximum Gasteiger partial charge on any atom is 0.244 e. The van der Waals surface area contributed by atoms with E-state index in [2.05, 4.69) is 5.32 Å². The highest BCUT2D eigenvalue weighted by Crippen LogP contribution is 2.33. The van der Waals surface area contributed by atoms with Gasteiger partial charge in [0, 0.05) is 18.7 Å². The summed E-state index contributed by atoms with van der Waals surface area (Å²) in [5, 5.41) is 3.05. The van der Waals surface area contributed by atoms with Crippen LogP contribution in [-0.4, -0.2) is 64.2 Å². The summed E-state index contributed by atoms with van der Waals surface area (Å²) in [5.41, 5.74) is 1.04. The number of hydrogen-bond donors (Lipinski definition) is 1. The van der Waals surface area contributed by atoms with E-state index in [1.807, 2.05) is 30.3 Å². The van der Waals surface area contributed by atoms with Gasteiger partial charge in [0.1, 0.15) is 24.1 Å². The average Bonchev–Trinajstić information content (AvgIpc) is 3.38. The van der Waals surface area contributed by atoms with Gasteiger partial charge in [0.2, 0.25) is 21.8 Å². The molecule has 2 aromatic carbocycles. The molecule has 1 fully saturated rings. The van der Waals surface area contributed by atoms with Crippen molar-refractivity contribution in [2.45, 2.75) is 51.2 Å². The summed E-state index contributed by atoms with van der Waals surface area (Å²) in [7, 11) is -0.965. The average molecular weight is 518 g/mol. The van der Waals surface area contributed by atoms with Gasteiger partial charge < -0.3 is 19.7 Å². The number of anilines is 1. The van der Waals surface area contributed by atoms with E-state index in [0.29, 0.717) is 5.75 Å². The highest BCUT2D eigenvalue weighted by atomic mass is 32.2. The van der Waals surface area contributed by atoms with Gasteiger partial charge in [0.25, 0.3) is 0 Å². The van der Waals surface area contributed by atoms with Crippen LogP contribution in [0.4, 0.5) is 5.69 Å². The molecule has 0 saturated heterocycles. The lowest BCUT2D eigenvalue weighted by atomic mass is 10.1. The third kappa shape index (κ3) is 6.90. The van der Waals surface area contributed by atoms with Gasteiger partial charge >= 0.3 is 0 Å². The first kappa shape index (κ1) is 27.3. The van der Waals surface area contributed by atoms with Crippen molar-refractivity contribution in [3.63, 3.8) is 0 Å². The minimum absolute atomic E-state index is 0.102. The van der Waals surface area contributed by atoms with Gasteiger partial charge in [0.05, 0.1) is 26.2 Å². The molecule has 0 heterocycles. The van der Waals surface area contributed by atoms with Crippen molar-refractivity contribution in [2.24, 2.45) is 0 Å². The second-order valence-electron chi connectivity index (χ2n) is 8.98. The molecule has 0 spiro atoms. The van der Waals surface area contributed by atoms with E-state index >= 15 is 0 Å². The van der Waals surface area contributed by atoms with Crippen molar-refractivity contribution in [3.8, 4) is 11.5 Å². The number of methoxy groups -OCH3 is 2. The van der Waals surface area contributed by atoms with Crippen LogP contribution in [0.1, 0.15) is 38.2 Å². The SMILES string of the molecule is COc1ccc(N(CC(=O)N(Cc2ccccc2)C(C)C(=O)NC2CCCC2)S(C)(=O)=O)c(OC)c1. The first-order valence-corrected chi connectivity index (χ1v) is 13.8. The lowest BCUT2D eigenvalue weighted by Gasteiger charge is -2.32. The second kappa shape index (κ2) is 12.1. The zero-order chi connectivity index (χ0) is 26.3. The summed E-state index contributed by atoms with van der Waals surface area (Å²) in [5.74, 6) is -0.0252. The maximum absolute atomic E-state index is 13.7. The monoisotopic (exact) mass is 517 g/mol. The molecule has 1 unspecified atom stereocenters. The number of nitrogens with one attached hydrogen (secondary N) is 1. The molecule has 2 aromatic rings. The fraction of sp³-hybridized carbons (Fsp3) is 0.462. The molecule has 2 amide bonds. The van der Waals surface area contributed by atoms with Crippen molar-refractivity contribution in [1.82, 2.24) is 10.2 Å². The minimum atomic E-state index is -3.87. The number of rotatable bonds is 11. The van der Waals surface area contributed by atoms with Crippen molar-refractivity contribution in [3.05, 3.63) is 54.1 Å². The molecule has 196 valence electrons. The maximum atomic E-state index is 13.7. The number of sulfonamides is 1. The molecular weight excluding hydrogens is 482 g/mol. The van der Waals surface area contributed by atoms with Crippen molar-refractivity contribution < 1.29 is 27.5 Å². The van der Waals surface area contributed by atoms with E-state index in [1.165, 1.54) is 25.2 Å². The van der Waals surface area contributed by atoms with Gasteiger partial charge in [-0.3, -0.25) is 13.9 Å². The van der Waals surface area contributed by atoms with Crippen molar-refractivity contribution >= 4 is 27.5 Å². The molecule has 0 aliphatic heterocycles. The van der Waals surface area contributed by atoms with Crippen LogP contribution in [0.2, 0.25) is 0 Å². The Morgan fingerprint density at radius 3 is 2.31 bits per heavy atom. The summed E-state index contributed by atoms with van der Waals surface area (Å²) in [6.07, 6.45) is 5.01. The summed E-state index contributed by atoms with van der Waals surface area (Å²) < 4.78 is 37.2. The molecule has 1 atom stereocenters. The zero-order valence-electron chi connectivity index (χ0n) is 21.3. The Kier molecular flexibility index (Phi) is 9.19. The highest BCUT2D eigenvalue weighted by Gasteiger charge is 2.32. The fourth-order valence-electron chi connectivity index (χ4n) is 4.34. The van der Waals surface area contributed by atoms with Crippen LogP contribution in [-0.2, 0) is 26.2 Å². The number of hydrogen-bond acceptors (Lipinski definition) is 6. The molecule has 36 heavy (non-hydrogen) atoms. The van der Waals surface area contributed by atoms with E-state index < -0.39 is 28.5 Å². The molecule has 1 aliphatic rings. The third-order valence-corrected chi connectivity index (χ3v) is 7.53. The lowest BCUT2D eigenvalue weighted by Crippen LogP contribution is -2.52. The Bertz CT molecular complexity index is 1150. The number of benzene rings is 2. The minimum Gasteiger partial charge on any atom is -0.497 e. The molecule has 9 nitrogen and oxygen atoms in total. The van der Waals surface area contributed by atoms with E-state index in [4.69, 9.17) is 9.47 Å². The second-order valence-corrected chi connectivity index (χ2v) is 10.9. The molecule has 1 aliphatic carbocycles. The van der Waals surface area contributed by atoms with Gasteiger partial charge in [-0.15, -0.1) is 0 Å². The predicted molar refractivity (Wildman–Crippen MR) is 139 cm³/mol. The Morgan fingerprint density at radius 2 is 1.72 bits per heavy atom. The fourth-order valence-corrected chi connectivity index (χ4v) is 5.19. The standard InChI is InChI=1S/C26H35N3O6S/c1-19(26(31)27-21-12-8-9-13-21)28(17-20-10-6-5-7-11-20)25(30)18-29(36(4,32)33)23-15-14-22(34-2)16-24(23)35-3/h5-7,10-11,14-16,19,21H,8-9,12-13,17-18H2,1-4H3,(H,27,31). The van der Waals surface area contributed by atoms with Crippen LogP contribution >= 0.6 is 0 Å². The molecule has 0 radical (unpaired) electrons. The van der Waals surface area contributed by atoms with Gasteiger partial charge in [0.15, 0.2) is 0 Å². The van der Waals surface area contributed by atoms with Crippen LogP contribution in [0.25, 0.3) is 0 Å². The first-order valence-electron chi connectivity index (χ1n) is 12.0. The van der Waals surface area contributed by atoms with Crippen molar-refractivity contribution in [2.75, 3.05) is 31.3 Å². The molecule has 10 heteroatoms. The summed E-state index contributed by atoms with van der Waals surface area (Å²) in [4.78, 5) is 28.2. The third-order valence-electron chi connectivity index (χ3n) is 6.40. The molecule has 1 saturated carbocycles. The Hall–Kier alpha value is -3.27. The number of ether oxygens (including phenoxy) is 2. The Balaban J connectivity index is 1.91. The quantitative estimate of drug-likeness (QED) is 0.491. The summed E-state index contributed by atoms with van der Waals surface area (Å²) >= 11 is 0. The van der Waals surface area contributed by atoms with E-state index in [1.54, 1.807) is 19.1 Å². The van der Waals surface area contributed by atoms with Crippen molar-refractivity contribution in [1.29, 1.82) is 0 Å². The largest absolute Gasteiger partial charge is 0.497 e. The Labute approximate surface area is 213 Å². The van der Waals surface area contributed by atoms with Crippen LogP contribution in [0.15, 0.2) is 48.5 Å². The van der Waals surface area contributed by atoms with E-state index in [9.17, 15) is 18.0 Å². The van der Waals surface area contributed by atoms with Crippen LogP contribution in [0.3, 0.4) is 0 Å². The molecule has 1 N–H and O–H groups in total. The van der Waals surface area contributed by atoms with Gasteiger partial charge in [-0.2, -0.15) is 0 Å². The number of carbonyl (C=O) groups excluding carboxylic acids is 2. The zero-order valence-corrected chi connectivity index (χ0v) is 22.1. The molecule has 3 rings (SSSR count). The van der Waals surface area contributed by atoms with E-state index in [0.717, 1.165) is 41.8 Å². The smallest absolute Gasteiger partial charge is 0.244 e. The molecular formula is C26H35N3O6S. The molecule has 0 aromatic heterocycles. The number of carbonyl (C=O) groups is 2. The van der Waals surface area contributed by atoms with Crippen LogP contribution < -0.4 is 19.1 Å². The van der Waals surface area contributed by atoms with Gasteiger partial charge in [-0.25, -0.2) is 8.42 Å². The van der Waals surface area contributed by atoms with Gasteiger partial charge in [-0.05, 0) is 37.5 Å².